The predicted molar refractivity (Wildman–Crippen MR) is 33.9 cm³/mol. The number of hydrogen-bond donors (Lipinski definition) is 0. The molecule has 0 saturated heterocycles. The van der Waals surface area contributed by atoms with E-state index in [4.69, 9.17) is 11.6 Å². The van der Waals surface area contributed by atoms with Crippen LogP contribution in [-0.4, -0.2) is 17.1 Å². The van der Waals surface area contributed by atoms with Gasteiger partial charge in [0.05, 0.1) is 0 Å². The topological polar surface area (TPSA) is 0 Å². The van der Waals surface area contributed by atoms with Gasteiger partial charge in [-0.2, -0.15) is 13.2 Å². The van der Waals surface area contributed by atoms with Gasteiger partial charge >= 0.3 is 5.51 Å². The molecule has 5 heteroatoms. The van der Waals surface area contributed by atoms with E-state index in [0.29, 0.717) is 12.3 Å². The van der Waals surface area contributed by atoms with Crippen molar-refractivity contribution in [1.29, 1.82) is 0 Å². The van der Waals surface area contributed by atoms with E-state index in [0.717, 1.165) is 0 Å². The van der Waals surface area contributed by atoms with Gasteiger partial charge in [-0.15, -0.1) is 11.6 Å². The maximum absolute atomic E-state index is 11.3. The number of thioether (sulfide) groups is 1. The molecule has 9 heavy (non-hydrogen) atoms. The SMILES string of the molecule is FC(F)(F)SCCCCl. The maximum atomic E-state index is 11.3. The molecule has 0 bridgehead atoms. The summed E-state index contributed by atoms with van der Waals surface area (Å²) in [6.45, 7) is 0. The Labute approximate surface area is 60.8 Å². The van der Waals surface area contributed by atoms with Crippen LogP contribution in [0.5, 0.6) is 0 Å². The third kappa shape index (κ3) is 8.43. The first-order chi connectivity index (χ1) is 4.06. The van der Waals surface area contributed by atoms with Gasteiger partial charge in [0.15, 0.2) is 0 Å². The standard InChI is InChI=1S/C4H6ClF3S/c5-2-1-3-9-4(6,7)8/h1-3H2. The van der Waals surface area contributed by atoms with E-state index in [9.17, 15) is 13.2 Å². The Hall–Kier alpha value is 0.430. The Morgan fingerprint density at radius 3 is 2.22 bits per heavy atom. The Morgan fingerprint density at radius 1 is 1.33 bits per heavy atom. The highest BCUT2D eigenvalue weighted by atomic mass is 35.5. The highest BCUT2D eigenvalue weighted by Gasteiger charge is 2.26. The fourth-order valence-electron chi connectivity index (χ4n) is 0.242. The van der Waals surface area contributed by atoms with Crippen molar-refractivity contribution < 1.29 is 13.2 Å². The highest BCUT2D eigenvalue weighted by molar-refractivity contribution is 8.00. The van der Waals surface area contributed by atoms with Gasteiger partial charge in [0.25, 0.3) is 0 Å². The van der Waals surface area contributed by atoms with Gasteiger partial charge in [0.1, 0.15) is 0 Å². The van der Waals surface area contributed by atoms with Crippen LogP contribution >= 0.6 is 23.4 Å². The Balaban J connectivity index is 3.07. The molecule has 0 aliphatic heterocycles. The van der Waals surface area contributed by atoms with Crippen molar-refractivity contribution in [1.82, 2.24) is 0 Å². The minimum atomic E-state index is -4.09. The first-order valence-electron chi connectivity index (χ1n) is 2.33. The van der Waals surface area contributed by atoms with Crippen molar-refractivity contribution in [3.63, 3.8) is 0 Å². The van der Waals surface area contributed by atoms with Crippen molar-refractivity contribution in [3.8, 4) is 0 Å². The molecule has 0 radical (unpaired) electrons. The van der Waals surface area contributed by atoms with Crippen LogP contribution in [0.1, 0.15) is 6.42 Å². The summed E-state index contributed by atoms with van der Waals surface area (Å²) in [4.78, 5) is 0. The molecule has 0 saturated carbocycles. The highest BCUT2D eigenvalue weighted by Crippen LogP contribution is 2.30. The molecule has 0 rings (SSSR count). The molecule has 0 nitrogen and oxygen atoms in total. The maximum Gasteiger partial charge on any atom is 0.441 e. The first-order valence-corrected chi connectivity index (χ1v) is 3.85. The second kappa shape index (κ2) is 4.28. The number of halogens is 4. The van der Waals surface area contributed by atoms with Gasteiger partial charge in [0.2, 0.25) is 0 Å². The van der Waals surface area contributed by atoms with E-state index in [1.807, 2.05) is 0 Å². The summed E-state index contributed by atoms with van der Waals surface area (Å²) in [5.74, 6) is 0.357. The Bertz CT molecular complexity index is 72.7. The lowest BCUT2D eigenvalue weighted by molar-refractivity contribution is -0.0327. The van der Waals surface area contributed by atoms with Gasteiger partial charge < -0.3 is 0 Å². The normalized spacial score (nSPS) is 12.0. The van der Waals surface area contributed by atoms with Crippen LogP contribution in [0.25, 0.3) is 0 Å². The largest absolute Gasteiger partial charge is 0.441 e. The molecule has 0 aromatic carbocycles. The fourth-order valence-corrected chi connectivity index (χ4v) is 1.05. The third-order valence-electron chi connectivity index (χ3n) is 0.544. The van der Waals surface area contributed by atoms with Crippen LogP contribution in [0.3, 0.4) is 0 Å². The zero-order valence-corrected chi connectivity index (χ0v) is 6.11. The van der Waals surface area contributed by atoms with Crippen LogP contribution in [0, 0.1) is 0 Å². The Morgan fingerprint density at radius 2 is 1.89 bits per heavy atom. The number of alkyl halides is 4. The van der Waals surface area contributed by atoms with Crippen LogP contribution < -0.4 is 0 Å². The molecule has 0 amide bonds. The second-order valence-corrected chi connectivity index (χ2v) is 2.87. The average molecular weight is 179 g/mol. The molecular weight excluding hydrogens is 173 g/mol. The van der Waals surface area contributed by atoms with Gasteiger partial charge in [-0.05, 0) is 6.42 Å². The molecular formula is C4H6ClF3S. The van der Waals surface area contributed by atoms with Crippen LogP contribution in [0.2, 0.25) is 0 Å². The molecule has 0 fully saturated rings. The minimum absolute atomic E-state index is 0.0263. The van der Waals surface area contributed by atoms with E-state index < -0.39 is 5.51 Å². The quantitative estimate of drug-likeness (QED) is 0.473. The molecule has 0 N–H and O–H groups in total. The van der Waals surface area contributed by atoms with Crippen LogP contribution in [-0.2, 0) is 0 Å². The fraction of sp³-hybridized carbons (Fsp3) is 1.00. The van der Waals surface area contributed by atoms with Crippen LogP contribution in [0.15, 0.2) is 0 Å². The van der Waals surface area contributed by atoms with Gasteiger partial charge in [-0.3, -0.25) is 0 Å². The molecule has 0 aromatic heterocycles. The lowest BCUT2D eigenvalue weighted by Crippen LogP contribution is -2.01. The minimum Gasteiger partial charge on any atom is -0.160 e. The van der Waals surface area contributed by atoms with Crippen molar-refractivity contribution in [2.24, 2.45) is 0 Å². The van der Waals surface area contributed by atoms with Crippen LogP contribution in [0.4, 0.5) is 13.2 Å². The average Bonchev–Trinajstić information content (AvgIpc) is 1.63. The van der Waals surface area contributed by atoms with Gasteiger partial charge in [0, 0.05) is 11.6 Å². The zero-order chi connectivity index (χ0) is 7.33. The van der Waals surface area contributed by atoms with Gasteiger partial charge in [-0.25, -0.2) is 0 Å². The summed E-state index contributed by atoms with van der Waals surface area (Å²) in [6, 6.07) is 0. The van der Waals surface area contributed by atoms with Crippen molar-refractivity contribution >= 4 is 23.4 Å². The predicted octanol–water partition coefficient (Wildman–Crippen LogP) is 2.87. The summed E-state index contributed by atoms with van der Waals surface area (Å²) in [6.07, 6.45) is 0.408. The van der Waals surface area contributed by atoms with Crippen molar-refractivity contribution in [2.45, 2.75) is 11.9 Å². The van der Waals surface area contributed by atoms with E-state index in [2.05, 4.69) is 0 Å². The van der Waals surface area contributed by atoms with E-state index in [1.165, 1.54) is 0 Å². The molecule has 0 atom stereocenters. The van der Waals surface area contributed by atoms with E-state index in [-0.39, 0.29) is 17.5 Å². The van der Waals surface area contributed by atoms with Gasteiger partial charge in [-0.1, -0.05) is 11.8 Å². The third-order valence-corrected chi connectivity index (χ3v) is 1.63. The van der Waals surface area contributed by atoms with E-state index >= 15 is 0 Å². The van der Waals surface area contributed by atoms with Crippen molar-refractivity contribution in [2.75, 3.05) is 11.6 Å². The summed E-state index contributed by atoms with van der Waals surface area (Å²) in [5.41, 5.74) is -4.09. The lowest BCUT2D eigenvalue weighted by atomic mass is 10.6. The number of rotatable bonds is 3. The molecule has 0 aliphatic rings. The zero-order valence-electron chi connectivity index (χ0n) is 4.54. The lowest BCUT2D eigenvalue weighted by Gasteiger charge is -2.02. The molecule has 0 unspecified atom stereocenters. The summed E-state index contributed by atoms with van der Waals surface area (Å²) in [5, 5.41) is 0. The second-order valence-electron chi connectivity index (χ2n) is 1.34. The molecule has 0 aromatic rings. The summed E-state index contributed by atoms with van der Waals surface area (Å²) < 4.78 is 33.9. The van der Waals surface area contributed by atoms with E-state index in [1.54, 1.807) is 0 Å². The molecule has 0 heterocycles. The monoisotopic (exact) mass is 178 g/mol. The smallest absolute Gasteiger partial charge is 0.160 e. The first kappa shape index (κ1) is 9.43. The molecule has 0 spiro atoms. The number of hydrogen-bond acceptors (Lipinski definition) is 1. The molecule has 0 aliphatic carbocycles. The van der Waals surface area contributed by atoms with Crippen molar-refractivity contribution in [3.05, 3.63) is 0 Å². The Kier molecular flexibility index (Phi) is 4.48. The summed E-state index contributed by atoms with van der Waals surface area (Å²) in [7, 11) is 0. The molecule has 56 valence electrons. The summed E-state index contributed by atoms with van der Waals surface area (Å²) >= 11 is 5.12.